The molecule has 1 aliphatic heterocycles. The summed E-state index contributed by atoms with van der Waals surface area (Å²) in [4.78, 5) is 27.0. The second-order valence-corrected chi connectivity index (χ2v) is 6.46. The Balaban J connectivity index is 2.84. The normalized spacial score (nSPS) is 23.0. The van der Waals surface area contributed by atoms with Crippen LogP contribution in [0, 0.1) is 5.92 Å². The summed E-state index contributed by atoms with van der Waals surface area (Å²) >= 11 is 0. The highest BCUT2D eigenvalue weighted by Crippen LogP contribution is 2.26. The Labute approximate surface area is 126 Å². The zero-order chi connectivity index (χ0) is 16.2. The maximum absolute atomic E-state index is 12.6. The van der Waals surface area contributed by atoms with E-state index in [2.05, 4.69) is 0 Å². The third kappa shape index (κ3) is 4.88. The van der Waals surface area contributed by atoms with Crippen molar-refractivity contribution in [2.45, 2.75) is 58.6 Å². The lowest BCUT2D eigenvalue weighted by molar-refractivity contribution is -0.144. The Morgan fingerprint density at radius 3 is 2.38 bits per heavy atom. The van der Waals surface area contributed by atoms with E-state index in [0.29, 0.717) is 25.4 Å². The second-order valence-electron chi connectivity index (χ2n) is 6.46. The summed E-state index contributed by atoms with van der Waals surface area (Å²) in [6, 6.07) is -1.05. The largest absolute Gasteiger partial charge is 0.480 e. The van der Waals surface area contributed by atoms with Crippen molar-refractivity contribution in [2.24, 2.45) is 5.92 Å². The lowest BCUT2D eigenvalue weighted by Gasteiger charge is -2.40. The SMILES string of the molecule is CCC1CCN(C(=O)N(CC)CC(C)(C)O)C(C(=O)O)C1. The fourth-order valence-electron chi connectivity index (χ4n) is 2.84. The molecule has 0 saturated carbocycles. The number of carbonyl (C=O) groups excluding carboxylic acids is 1. The molecule has 21 heavy (non-hydrogen) atoms. The smallest absolute Gasteiger partial charge is 0.326 e. The predicted octanol–water partition coefficient (Wildman–Crippen LogP) is 1.77. The van der Waals surface area contributed by atoms with Crippen molar-refractivity contribution in [3.63, 3.8) is 0 Å². The van der Waals surface area contributed by atoms with E-state index in [1.165, 1.54) is 9.80 Å². The highest BCUT2D eigenvalue weighted by Gasteiger charge is 2.37. The number of likely N-dealkylation sites (N-methyl/N-ethyl adjacent to an activating group) is 1. The maximum Gasteiger partial charge on any atom is 0.326 e. The minimum absolute atomic E-state index is 0.197. The fraction of sp³-hybridized carbons (Fsp3) is 0.867. The molecule has 1 saturated heterocycles. The minimum Gasteiger partial charge on any atom is -0.480 e. The second kappa shape index (κ2) is 7.11. The number of carboxylic acid groups (broad SMARTS) is 1. The minimum atomic E-state index is -0.994. The quantitative estimate of drug-likeness (QED) is 0.811. The summed E-state index contributed by atoms with van der Waals surface area (Å²) in [5, 5.41) is 19.3. The number of hydrogen-bond donors (Lipinski definition) is 2. The maximum atomic E-state index is 12.6. The molecule has 6 nitrogen and oxygen atoms in total. The van der Waals surface area contributed by atoms with Gasteiger partial charge in [0.15, 0.2) is 0 Å². The van der Waals surface area contributed by atoms with Crippen LogP contribution in [0.2, 0.25) is 0 Å². The van der Waals surface area contributed by atoms with Crippen LogP contribution in [0.25, 0.3) is 0 Å². The van der Waals surface area contributed by atoms with Gasteiger partial charge in [0.05, 0.1) is 12.1 Å². The van der Waals surface area contributed by atoms with Crippen LogP contribution in [0.4, 0.5) is 4.79 Å². The van der Waals surface area contributed by atoms with Crippen LogP contribution >= 0.6 is 0 Å². The lowest BCUT2D eigenvalue weighted by Crippen LogP contribution is -2.56. The van der Waals surface area contributed by atoms with E-state index in [1.54, 1.807) is 13.8 Å². The Morgan fingerprint density at radius 2 is 1.95 bits per heavy atom. The van der Waals surface area contributed by atoms with Gasteiger partial charge in [-0.1, -0.05) is 13.3 Å². The van der Waals surface area contributed by atoms with Crippen LogP contribution in [0.15, 0.2) is 0 Å². The van der Waals surface area contributed by atoms with Crippen LogP contribution < -0.4 is 0 Å². The first-order valence-corrected chi connectivity index (χ1v) is 7.70. The van der Waals surface area contributed by atoms with Crippen molar-refractivity contribution >= 4 is 12.0 Å². The zero-order valence-electron chi connectivity index (χ0n) is 13.5. The van der Waals surface area contributed by atoms with Gasteiger partial charge in [0.1, 0.15) is 6.04 Å². The van der Waals surface area contributed by atoms with E-state index in [4.69, 9.17) is 0 Å². The van der Waals surface area contributed by atoms with Crippen molar-refractivity contribution < 1.29 is 19.8 Å². The van der Waals surface area contributed by atoms with Crippen LogP contribution in [0.1, 0.15) is 47.0 Å². The van der Waals surface area contributed by atoms with E-state index < -0.39 is 17.6 Å². The molecular weight excluding hydrogens is 272 g/mol. The molecule has 0 spiro atoms. The van der Waals surface area contributed by atoms with Crippen molar-refractivity contribution in [3.8, 4) is 0 Å². The first-order chi connectivity index (χ1) is 9.69. The molecule has 0 aromatic carbocycles. The Kier molecular flexibility index (Phi) is 6.01. The number of piperidine rings is 1. The van der Waals surface area contributed by atoms with E-state index in [0.717, 1.165) is 12.8 Å². The molecule has 2 atom stereocenters. The van der Waals surface area contributed by atoms with E-state index in [1.807, 2.05) is 13.8 Å². The summed E-state index contributed by atoms with van der Waals surface area (Å²) in [7, 11) is 0. The molecule has 2 unspecified atom stereocenters. The van der Waals surface area contributed by atoms with Crippen molar-refractivity contribution in [1.82, 2.24) is 9.80 Å². The van der Waals surface area contributed by atoms with Crippen molar-refractivity contribution in [3.05, 3.63) is 0 Å². The molecule has 0 bridgehead atoms. The summed E-state index contributed by atoms with van der Waals surface area (Å²) in [6.45, 7) is 8.27. The van der Waals surface area contributed by atoms with Gasteiger partial charge in [0.2, 0.25) is 0 Å². The lowest BCUT2D eigenvalue weighted by atomic mass is 9.89. The van der Waals surface area contributed by atoms with E-state index in [-0.39, 0.29) is 12.6 Å². The molecular formula is C15H28N2O4. The Morgan fingerprint density at radius 1 is 1.33 bits per heavy atom. The van der Waals surface area contributed by atoms with Gasteiger partial charge in [-0.3, -0.25) is 0 Å². The van der Waals surface area contributed by atoms with Crippen LogP contribution in [0.5, 0.6) is 0 Å². The number of nitrogens with zero attached hydrogens (tertiary/aromatic N) is 2. The van der Waals surface area contributed by atoms with Gasteiger partial charge in [-0.25, -0.2) is 9.59 Å². The van der Waals surface area contributed by atoms with Gasteiger partial charge in [-0.15, -0.1) is 0 Å². The fourth-order valence-corrected chi connectivity index (χ4v) is 2.84. The highest BCUT2D eigenvalue weighted by atomic mass is 16.4. The predicted molar refractivity (Wildman–Crippen MR) is 80.1 cm³/mol. The number of rotatable bonds is 5. The standard InChI is InChI=1S/C15H28N2O4/c1-5-11-7-8-17(12(9-11)13(18)19)14(20)16(6-2)10-15(3,4)21/h11-12,21H,5-10H2,1-4H3,(H,18,19). The van der Waals surface area contributed by atoms with Gasteiger partial charge in [0, 0.05) is 13.1 Å². The molecule has 0 aromatic heterocycles. The average Bonchev–Trinajstić information content (AvgIpc) is 2.42. The van der Waals surface area contributed by atoms with Gasteiger partial charge >= 0.3 is 12.0 Å². The van der Waals surface area contributed by atoms with E-state index >= 15 is 0 Å². The molecule has 1 rings (SSSR count). The van der Waals surface area contributed by atoms with Gasteiger partial charge in [-0.2, -0.15) is 0 Å². The number of hydrogen-bond acceptors (Lipinski definition) is 3. The number of likely N-dealkylation sites (tertiary alicyclic amines) is 1. The molecule has 2 amide bonds. The zero-order valence-corrected chi connectivity index (χ0v) is 13.5. The van der Waals surface area contributed by atoms with Gasteiger partial charge < -0.3 is 20.0 Å². The van der Waals surface area contributed by atoms with Crippen molar-refractivity contribution in [2.75, 3.05) is 19.6 Å². The number of aliphatic carboxylic acids is 1. The highest BCUT2D eigenvalue weighted by molar-refractivity contribution is 5.83. The average molecular weight is 300 g/mol. The van der Waals surface area contributed by atoms with Crippen molar-refractivity contribution in [1.29, 1.82) is 0 Å². The molecule has 1 heterocycles. The molecule has 6 heteroatoms. The van der Waals surface area contributed by atoms with Crippen LogP contribution in [-0.2, 0) is 4.79 Å². The van der Waals surface area contributed by atoms with Gasteiger partial charge in [0.25, 0.3) is 0 Å². The number of aliphatic hydroxyl groups is 1. The molecule has 1 fully saturated rings. The van der Waals surface area contributed by atoms with Gasteiger partial charge in [-0.05, 0) is 39.5 Å². The monoisotopic (exact) mass is 300 g/mol. The number of carbonyl (C=O) groups is 2. The van der Waals surface area contributed by atoms with Crippen LogP contribution in [-0.4, -0.2) is 63.3 Å². The number of urea groups is 1. The Bertz CT molecular complexity index is 378. The van der Waals surface area contributed by atoms with Crippen LogP contribution in [0.3, 0.4) is 0 Å². The molecule has 0 aliphatic carbocycles. The molecule has 1 aliphatic rings. The first-order valence-electron chi connectivity index (χ1n) is 7.70. The molecule has 122 valence electrons. The molecule has 0 radical (unpaired) electrons. The summed E-state index contributed by atoms with van der Waals surface area (Å²) in [5.74, 6) is -0.583. The molecule has 2 N–H and O–H groups in total. The summed E-state index contributed by atoms with van der Waals surface area (Å²) in [5.41, 5.74) is -0.994. The third-order valence-corrected chi connectivity index (χ3v) is 4.05. The Hall–Kier alpha value is -1.30. The number of amides is 2. The molecule has 0 aromatic rings. The third-order valence-electron chi connectivity index (χ3n) is 4.05. The number of carboxylic acids is 1. The van der Waals surface area contributed by atoms with E-state index in [9.17, 15) is 19.8 Å². The first kappa shape index (κ1) is 17.8. The summed E-state index contributed by atoms with van der Waals surface area (Å²) < 4.78 is 0. The summed E-state index contributed by atoms with van der Waals surface area (Å²) in [6.07, 6.45) is 2.29. The topological polar surface area (TPSA) is 81.1 Å².